The average molecular weight is 311 g/mol. The highest BCUT2D eigenvalue weighted by Crippen LogP contribution is 2.24. The van der Waals surface area contributed by atoms with Gasteiger partial charge in [-0.05, 0) is 53.8 Å². The second-order valence-corrected chi connectivity index (χ2v) is 5.92. The first kappa shape index (κ1) is 14.8. The molecule has 0 fully saturated rings. The molecular formula is C20H16ClF. The van der Waals surface area contributed by atoms with Crippen LogP contribution in [0.5, 0.6) is 0 Å². The summed E-state index contributed by atoms with van der Waals surface area (Å²) in [5.74, 6) is -0.176. The van der Waals surface area contributed by atoms with Crippen molar-refractivity contribution in [1.29, 1.82) is 0 Å². The first-order valence-electron chi connectivity index (χ1n) is 7.22. The lowest BCUT2D eigenvalue weighted by atomic mass is 9.99. The van der Waals surface area contributed by atoms with Crippen LogP contribution in [0.3, 0.4) is 0 Å². The van der Waals surface area contributed by atoms with Gasteiger partial charge >= 0.3 is 0 Å². The summed E-state index contributed by atoms with van der Waals surface area (Å²) < 4.78 is 14.0. The van der Waals surface area contributed by atoms with Gasteiger partial charge in [0.1, 0.15) is 5.82 Å². The third kappa shape index (κ3) is 3.37. The van der Waals surface area contributed by atoms with Gasteiger partial charge in [0, 0.05) is 10.6 Å². The molecule has 0 nitrogen and oxygen atoms in total. The zero-order valence-electron chi connectivity index (χ0n) is 12.3. The maximum Gasteiger partial charge on any atom is 0.131 e. The third-order valence-electron chi connectivity index (χ3n) is 3.71. The first-order chi connectivity index (χ1) is 10.6. The van der Waals surface area contributed by atoms with E-state index in [-0.39, 0.29) is 5.82 Å². The van der Waals surface area contributed by atoms with Crippen molar-refractivity contribution in [2.45, 2.75) is 13.3 Å². The number of hydrogen-bond acceptors (Lipinski definition) is 0. The van der Waals surface area contributed by atoms with Crippen molar-refractivity contribution in [1.82, 2.24) is 0 Å². The van der Waals surface area contributed by atoms with Crippen LogP contribution in [0.15, 0.2) is 66.7 Å². The van der Waals surface area contributed by atoms with E-state index in [1.807, 2.05) is 67.6 Å². The smallest absolute Gasteiger partial charge is 0.131 e. The number of aryl methyl sites for hydroxylation is 1. The second kappa shape index (κ2) is 6.33. The van der Waals surface area contributed by atoms with Gasteiger partial charge in [-0.2, -0.15) is 0 Å². The number of halogens is 2. The van der Waals surface area contributed by atoms with E-state index in [0.717, 1.165) is 22.6 Å². The molecule has 0 radical (unpaired) electrons. The topological polar surface area (TPSA) is 0 Å². The predicted octanol–water partition coefficient (Wildman–Crippen LogP) is 6.05. The normalized spacial score (nSPS) is 10.7. The quantitative estimate of drug-likeness (QED) is 0.553. The van der Waals surface area contributed by atoms with Crippen molar-refractivity contribution in [2.75, 3.05) is 0 Å². The fraction of sp³-hybridized carbons (Fsp3) is 0.100. The molecule has 0 unspecified atom stereocenters. The lowest BCUT2D eigenvalue weighted by Crippen LogP contribution is -1.89. The fourth-order valence-electron chi connectivity index (χ4n) is 2.49. The van der Waals surface area contributed by atoms with Gasteiger partial charge in [-0.1, -0.05) is 60.1 Å². The van der Waals surface area contributed by atoms with Gasteiger partial charge in [-0.25, -0.2) is 4.39 Å². The van der Waals surface area contributed by atoms with E-state index < -0.39 is 0 Å². The van der Waals surface area contributed by atoms with Gasteiger partial charge in [0.15, 0.2) is 0 Å². The van der Waals surface area contributed by atoms with Crippen molar-refractivity contribution in [2.24, 2.45) is 0 Å². The standard InChI is InChI=1S/C20H16ClF/c1-14-2-11-19(20(22)12-14)17-7-3-15(4-8-17)13-16-5-9-18(21)10-6-16/h2-12H,13H2,1H3. The largest absolute Gasteiger partial charge is 0.206 e. The molecule has 0 saturated heterocycles. The Hall–Kier alpha value is -2.12. The van der Waals surface area contributed by atoms with Crippen LogP contribution >= 0.6 is 11.6 Å². The summed E-state index contributed by atoms with van der Waals surface area (Å²) in [4.78, 5) is 0. The first-order valence-corrected chi connectivity index (χ1v) is 7.59. The monoisotopic (exact) mass is 310 g/mol. The van der Waals surface area contributed by atoms with Crippen LogP contribution in [0.4, 0.5) is 4.39 Å². The summed E-state index contributed by atoms with van der Waals surface area (Å²) in [6, 6.07) is 21.2. The molecule has 110 valence electrons. The molecule has 0 saturated carbocycles. The molecule has 0 aliphatic carbocycles. The van der Waals surface area contributed by atoms with Crippen molar-refractivity contribution in [3.63, 3.8) is 0 Å². The Labute approximate surface area is 135 Å². The molecule has 0 bridgehead atoms. The van der Waals surface area contributed by atoms with Gasteiger partial charge in [-0.15, -0.1) is 0 Å². The van der Waals surface area contributed by atoms with Gasteiger partial charge in [0.2, 0.25) is 0 Å². The van der Waals surface area contributed by atoms with Gasteiger partial charge in [0.25, 0.3) is 0 Å². The van der Waals surface area contributed by atoms with Crippen molar-refractivity contribution in [3.05, 3.63) is 94.3 Å². The van der Waals surface area contributed by atoms with E-state index in [2.05, 4.69) is 0 Å². The van der Waals surface area contributed by atoms with E-state index >= 15 is 0 Å². The zero-order valence-corrected chi connectivity index (χ0v) is 13.1. The van der Waals surface area contributed by atoms with E-state index in [0.29, 0.717) is 5.56 Å². The number of hydrogen-bond donors (Lipinski definition) is 0. The van der Waals surface area contributed by atoms with Crippen LogP contribution in [0.25, 0.3) is 11.1 Å². The molecule has 0 aliphatic rings. The van der Waals surface area contributed by atoms with Crippen molar-refractivity contribution >= 4 is 11.6 Å². The maximum absolute atomic E-state index is 14.0. The summed E-state index contributed by atoms with van der Waals surface area (Å²) in [5, 5.41) is 0.744. The number of benzene rings is 3. The molecule has 0 amide bonds. The highest BCUT2D eigenvalue weighted by atomic mass is 35.5. The van der Waals surface area contributed by atoms with Gasteiger partial charge in [0.05, 0.1) is 0 Å². The van der Waals surface area contributed by atoms with Crippen LogP contribution in [0.2, 0.25) is 5.02 Å². The Bertz CT molecular complexity index is 774. The highest BCUT2D eigenvalue weighted by molar-refractivity contribution is 6.30. The van der Waals surface area contributed by atoms with Crippen LogP contribution in [-0.4, -0.2) is 0 Å². The Morgan fingerprint density at radius 2 is 1.41 bits per heavy atom. The van der Waals surface area contributed by atoms with Crippen LogP contribution in [0.1, 0.15) is 16.7 Å². The summed E-state index contributed by atoms with van der Waals surface area (Å²) in [6.07, 6.45) is 0.841. The Morgan fingerprint density at radius 3 is 2.00 bits per heavy atom. The van der Waals surface area contributed by atoms with Crippen molar-refractivity contribution < 1.29 is 4.39 Å². The van der Waals surface area contributed by atoms with E-state index in [9.17, 15) is 4.39 Å². The minimum absolute atomic E-state index is 0.176. The summed E-state index contributed by atoms with van der Waals surface area (Å²) >= 11 is 5.89. The molecule has 0 aromatic heterocycles. The second-order valence-electron chi connectivity index (χ2n) is 5.48. The maximum atomic E-state index is 14.0. The van der Waals surface area contributed by atoms with Crippen molar-refractivity contribution in [3.8, 4) is 11.1 Å². The average Bonchev–Trinajstić information content (AvgIpc) is 2.51. The molecule has 0 N–H and O–H groups in total. The summed E-state index contributed by atoms with van der Waals surface area (Å²) in [7, 11) is 0. The minimum atomic E-state index is -0.176. The number of rotatable bonds is 3. The minimum Gasteiger partial charge on any atom is -0.206 e. The molecule has 0 atom stereocenters. The Balaban J connectivity index is 1.81. The zero-order chi connectivity index (χ0) is 15.5. The van der Waals surface area contributed by atoms with Crippen LogP contribution < -0.4 is 0 Å². The molecule has 0 spiro atoms. The fourth-order valence-corrected chi connectivity index (χ4v) is 2.62. The van der Waals surface area contributed by atoms with E-state index in [1.54, 1.807) is 6.07 Å². The third-order valence-corrected chi connectivity index (χ3v) is 3.96. The Morgan fingerprint density at radius 1 is 0.818 bits per heavy atom. The predicted molar refractivity (Wildman–Crippen MR) is 90.8 cm³/mol. The molecule has 0 heterocycles. The molecule has 3 aromatic rings. The molecule has 2 heteroatoms. The molecule has 3 aromatic carbocycles. The van der Waals surface area contributed by atoms with Crippen LogP contribution in [0, 0.1) is 12.7 Å². The molecule has 0 aliphatic heterocycles. The van der Waals surface area contributed by atoms with Gasteiger partial charge in [-0.3, -0.25) is 0 Å². The van der Waals surface area contributed by atoms with E-state index in [1.165, 1.54) is 11.1 Å². The lowest BCUT2D eigenvalue weighted by Gasteiger charge is -2.07. The van der Waals surface area contributed by atoms with E-state index in [4.69, 9.17) is 11.6 Å². The molecule has 22 heavy (non-hydrogen) atoms. The molecular weight excluding hydrogens is 295 g/mol. The lowest BCUT2D eigenvalue weighted by molar-refractivity contribution is 0.630. The highest BCUT2D eigenvalue weighted by Gasteiger charge is 2.05. The van der Waals surface area contributed by atoms with Gasteiger partial charge < -0.3 is 0 Å². The SMILES string of the molecule is Cc1ccc(-c2ccc(Cc3ccc(Cl)cc3)cc2)c(F)c1. The summed E-state index contributed by atoms with van der Waals surface area (Å²) in [6.45, 7) is 1.89. The Kier molecular flexibility index (Phi) is 4.26. The molecule has 3 rings (SSSR count). The summed E-state index contributed by atoms with van der Waals surface area (Å²) in [5.41, 5.74) is 4.87. The van der Waals surface area contributed by atoms with Crippen LogP contribution in [-0.2, 0) is 6.42 Å².